The number of nitro groups is 1. The summed E-state index contributed by atoms with van der Waals surface area (Å²) in [6.07, 6.45) is 3.29. The van der Waals surface area contributed by atoms with Gasteiger partial charge < -0.3 is 0 Å². The molecule has 0 aliphatic carbocycles. The number of nitro benzene ring substituents is 1. The second kappa shape index (κ2) is 5.29. The molecule has 2 heterocycles. The van der Waals surface area contributed by atoms with E-state index in [0.717, 1.165) is 5.56 Å². The molecule has 0 aliphatic rings. The molecular weight excluding hydrogens is 294 g/mol. The van der Waals surface area contributed by atoms with Crippen molar-refractivity contribution in [1.82, 2.24) is 20.2 Å². The number of hydrogen-bond donors (Lipinski definition) is 1. The van der Waals surface area contributed by atoms with E-state index < -0.39 is 4.92 Å². The van der Waals surface area contributed by atoms with Gasteiger partial charge in [0.2, 0.25) is 0 Å². The Kier molecular flexibility index (Phi) is 3.33. The zero-order valence-corrected chi connectivity index (χ0v) is 11.3. The highest BCUT2D eigenvalue weighted by molar-refractivity contribution is 6.32. The quantitative estimate of drug-likeness (QED) is 0.592. The summed E-state index contributed by atoms with van der Waals surface area (Å²) in [4.78, 5) is 18.7. The van der Waals surface area contributed by atoms with Gasteiger partial charge in [-0.05, 0) is 24.3 Å². The largest absolute Gasteiger partial charge is 0.288 e. The molecule has 0 radical (unpaired) electrons. The van der Waals surface area contributed by atoms with Crippen LogP contribution in [-0.2, 0) is 0 Å². The van der Waals surface area contributed by atoms with Gasteiger partial charge in [0.05, 0.1) is 4.92 Å². The highest BCUT2D eigenvalue weighted by atomic mass is 35.5. The van der Waals surface area contributed by atoms with Crippen molar-refractivity contribution in [2.75, 3.05) is 0 Å². The van der Waals surface area contributed by atoms with Crippen LogP contribution in [-0.4, -0.2) is 25.1 Å². The van der Waals surface area contributed by atoms with Gasteiger partial charge in [-0.2, -0.15) is 5.10 Å². The molecule has 0 amide bonds. The first-order valence-corrected chi connectivity index (χ1v) is 6.30. The number of nitrogens with zero attached hydrogens (tertiary/aromatic N) is 4. The summed E-state index contributed by atoms with van der Waals surface area (Å²) in [5, 5.41) is 17.8. The molecule has 3 aromatic rings. The van der Waals surface area contributed by atoms with Crippen molar-refractivity contribution in [2.24, 2.45) is 0 Å². The fraction of sp³-hybridized carbons (Fsp3) is 0. The number of aromatic nitrogens is 4. The third kappa shape index (κ3) is 2.59. The van der Waals surface area contributed by atoms with E-state index in [1.165, 1.54) is 12.1 Å². The molecule has 0 spiro atoms. The number of H-pyrrole nitrogens is 1. The van der Waals surface area contributed by atoms with Crippen LogP contribution in [0.4, 0.5) is 5.69 Å². The van der Waals surface area contributed by atoms with Crippen molar-refractivity contribution in [2.45, 2.75) is 0 Å². The normalized spacial score (nSPS) is 10.5. The van der Waals surface area contributed by atoms with Gasteiger partial charge >= 0.3 is 0 Å². The predicted octanol–water partition coefficient (Wildman–Crippen LogP) is 3.10. The Morgan fingerprint density at radius 3 is 2.81 bits per heavy atom. The molecule has 3 rings (SSSR count). The van der Waals surface area contributed by atoms with Crippen LogP contribution in [0, 0.1) is 10.1 Å². The van der Waals surface area contributed by atoms with Crippen LogP contribution in [0.3, 0.4) is 0 Å². The van der Waals surface area contributed by atoms with E-state index in [-0.39, 0.29) is 10.7 Å². The highest BCUT2D eigenvalue weighted by Crippen LogP contribution is 2.29. The maximum Gasteiger partial charge on any atom is 0.288 e. The Balaban J connectivity index is 2.01. The Bertz CT molecular complexity index is 803. The minimum atomic E-state index is -0.537. The maximum absolute atomic E-state index is 10.9. The monoisotopic (exact) mass is 301 g/mol. The fourth-order valence-electron chi connectivity index (χ4n) is 1.81. The van der Waals surface area contributed by atoms with Crippen molar-refractivity contribution in [3.05, 3.63) is 57.9 Å². The number of pyridine rings is 1. The van der Waals surface area contributed by atoms with Gasteiger partial charge in [-0.3, -0.25) is 20.2 Å². The molecule has 0 bridgehead atoms. The average molecular weight is 302 g/mol. The van der Waals surface area contributed by atoms with E-state index >= 15 is 0 Å². The van der Waals surface area contributed by atoms with E-state index in [2.05, 4.69) is 20.2 Å². The van der Waals surface area contributed by atoms with E-state index in [1.807, 2.05) is 6.07 Å². The molecule has 2 aromatic heterocycles. The smallest absolute Gasteiger partial charge is 0.264 e. The van der Waals surface area contributed by atoms with Gasteiger partial charge in [0.25, 0.3) is 5.69 Å². The zero-order valence-electron chi connectivity index (χ0n) is 10.5. The van der Waals surface area contributed by atoms with Gasteiger partial charge in [0.15, 0.2) is 11.6 Å². The summed E-state index contributed by atoms with van der Waals surface area (Å²) in [5.74, 6) is 0.893. The topological polar surface area (TPSA) is 97.6 Å². The highest BCUT2D eigenvalue weighted by Gasteiger charge is 2.15. The van der Waals surface area contributed by atoms with Crippen molar-refractivity contribution in [3.63, 3.8) is 0 Å². The van der Waals surface area contributed by atoms with Crippen molar-refractivity contribution >= 4 is 17.3 Å². The zero-order chi connectivity index (χ0) is 14.8. The van der Waals surface area contributed by atoms with Crippen molar-refractivity contribution in [3.8, 4) is 22.8 Å². The lowest BCUT2D eigenvalue weighted by Crippen LogP contribution is -1.90. The second-order valence-electron chi connectivity index (χ2n) is 4.17. The van der Waals surface area contributed by atoms with Crippen LogP contribution in [0.25, 0.3) is 22.8 Å². The molecule has 21 heavy (non-hydrogen) atoms. The predicted molar refractivity (Wildman–Crippen MR) is 76.7 cm³/mol. The first-order chi connectivity index (χ1) is 10.1. The number of benzene rings is 1. The number of hydrogen-bond acceptors (Lipinski definition) is 5. The van der Waals surface area contributed by atoms with E-state index in [1.54, 1.807) is 24.5 Å². The van der Waals surface area contributed by atoms with Gasteiger partial charge in [-0.25, -0.2) is 4.98 Å². The number of nitrogens with one attached hydrogen (secondary N) is 1. The van der Waals surface area contributed by atoms with Gasteiger partial charge in [-0.1, -0.05) is 11.6 Å². The van der Waals surface area contributed by atoms with Crippen LogP contribution in [0.1, 0.15) is 0 Å². The average Bonchev–Trinajstić information content (AvgIpc) is 2.98. The molecule has 7 nitrogen and oxygen atoms in total. The molecule has 0 fully saturated rings. The van der Waals surface area contributed by atoms with Crippen LogP contribution in [0.15, 0.2) is 42.7 Å². The Morgan fingerprint density at radius 2 is 2.10 bits per heavy atom. The first kappa shape index (κ1) is 13.2. The Hall–Kier alpha value is -2.80. The van der Waals surface area contributed by atoms with E-state index in [4.69, 9.17) is 11.6 Å². The molecule has 1 N–H and O–H groups in total. The molecule has 0 aliphatic heterocycles. The number of rotatable bonds is 3. The lowest BCUT2D eigenvalue weighted by atomic mass is 10.2. The molecule has 0 unspecified atom stereocenters. The molecule has 0 saturated carbocycles. The molecule has 1 aromatic carbocycles. The van der Waals surface area contributed by atoms with Gasteiger partial charge in [-0.15, -0.1) is 0 Å². The summed E-state index contributed by atoms with van der Waals surface area (Å²) in [6, 6.07) is 8.06. The van der Waals surface area contributed by atoms with Crippen molar-refractivity contribution in [1.29, 1.82) is 0 Å². The first-order valence-electron chi connectivity index (χ1n) is 5.92. The molecule has 8 heteroatoms. The van der Waals surface area contributed by atoms with E-state index in [0.29, 0.717) is 17.2 Å². The summed E-state index contributed by atoms with van der Waals surface area (Å²) in [7, 11) is 0. The van der Waals surface area contributed by atoms with Crippen LogP contribution >= 0.6 is 11.6 Å². The third-order valence-electron chi connectivity index (χ3n) is 2.82. The third-order valence-corrected chi connectivity index (χ3v) is 3.14. The van der Waals surface area contributed by atoms with Crippen molar-refractivity contribution < 1.29 is 4.92 Å². The minimum Gasteiger partial charge on any atom is -0.264 e. The summed E-state index contributed by atoms with van der Waals surface area (Å²) >= 11 is 5.78. The van der Waals surface area contributed by atoms with Crippen LogP contribution < -0.4 is 0 Å². The lowest BCUT2D eigenvalue weighted by Gasteiger charge is -1.98. The molecule has 0 saturated heterocycles. The summed E-state index contributed by atoms with van der Waals surface area (Å²) in [5.41, 5.74) is 1.12. The van der Waals surface area contributed by atoms with E-state index in [9.17, 15) is 10.1 Å². The van der Waals surface area contributed by atoms with Gasteiger partial charge in [0.1, 0.15) is 5.02 Å². The molecular formula is C13H8ClN5O2. The summed E-state index contributed by atoms with van der Waals surface area (Å²) in [6.45, 7) is 0. The Labute approximate surface area is 123 Å². The lowest BCUT2D eigenvalue weighted by molar-refractivity contribution is -0.384. The Morgan fingerprint density at radius 1 is 1.24 bits per heavy atom. The minimum absolute atomic E-state index is 0.0794. The SMILES string of the molecule is O=[N+]([O-])c1cc(-c2nc(-c3cccnc3)n[nH]2)ccc1Cl. The van der Waals surface area contributed by atoms with Gasteiger partial charge in [0, 0.05) is 29.6 Å². The molecule has 0 atom stereocenters. The van der Waals surface area contributed by atoms with Crippen LogP contribution in [0.2, 0.25) is 5.02 Å². The molecule has 104 valence electrons. The number of aromatic amines is 1. The maximum atomic E-state index is 10.9. The number of halogens is 1. The summed E-state index contributed by atoms with van der Waals surface area (Å²) < 4.78 is 0. The van der Waals surface area contributed by atoms with Crippen LogP contribution in [0.5, 0.6) is 0 Å². The standard InChI is InChI=1S/C13H8ClN5O2/c14-10-4-3-8(6-11(10)19(20)21)12-16-13(18-17-12)9-2-1-5-15-7-9/h1-7H,(H,16,17,18). The fourth-order valence-corrected chi connectivity index (χ4v) is 2.00. The second-order valence-corrected chi connectivity index (χ2v) is 4.58.